The van der Waals surface area contributed by atoms with E-state index in [-0.39, 0.29) is 0 Å². The zero-order valence-electron chi connectivity index (χ0n) is 9.90. The van der Waals surface area contributed by atoms with E-state index in [1.165, 1.54) is 12.6 Å². The van der Waals surface area contributed by atoms with Crippen LogP contribution in [0.2, 0.25) is 0 Å². The fourth-order valence-corrected chi connectivity index (χ4v) is 1.97. The molecule has 0 saturated carbocycles. The van der Waals surface area contributed by atoms with Gasteiger partial charge in [0.25, 0.3) is 5.91 Å². The average Bonchev–Trinajstić information content (AvgIpc) is 2.40. The van der Waals surface area contributed by atoms with Crippen LogP contribution in [0.15, 0.2) is 18.3 Å². The highest BCUT2D eigenvalue weighted by molar-refractivity contribution is 5.92. The molecule has 0 spiro atoms. The third kappa shape index (κ3) is 3.15. The molecule has 0 radical (unpaired) electrons. The molecule has 1 aromatic rings. The molecule has 18 heavy (non-hydrogen) atoms. The first-order chi connectivity index (χ1) is 8.66. The van der Waals surface area contributed by atoms with Crippen molar-refractivity contribution in [1.29, 1.82) is 0 Å². The Kier molecular flexibility index (Phi) is 4.07. The zero-order valence-corrected chi connectivity index (χ0v) is 9.90. The quantitative estimate of drug-likeness (QED) is 0.901. The number of carbonyl (C=O) groups excluding carboxylic acids is 1. The van der Waals surface area contributed by atoms with E-state index in [9.17, 15) is 13.6 Å². The Bertz CT molecular complexity index is 402. The van der Waals surface area contributed by atoms with Crippen LogP contribution in [0.25, 0.3) is 0 Å². The van der Waals surface area contributed by atoms with Crippen molar-refractivity contribution in [2.24, 2.45) is 0 Å². The number of pyridine rings is 1. The lowest BCUT2D eigenvalue weighted by molar-refractivity contribution is -0.126. The van der Waals surface area contributed by atoms with Gasteiger partial charge in [0, 0.05) is 13.1 Å². The van der Waals surface area contributed by atoms with Gasteiger partial charge in [0.15, 0.2) is 0 Å². The highest BCUT2D eigenvalue weighted by Crippen LogP contribution is 2.19. The van der Waals surface area contributed by atoms with E-state index in [2.05, 4.69) is 15.2 Å². The molecule has 1 aliphatic rings. The fraction of sp³-hybridized carbons (Fsp3) is 0.500. The second-order valence-electron chi connectivity index (χ2n) is 4.24. The number of amides is 1. The minimum atomic E-state index is -3.01. The maximum absolute atomic E-state index is 12.0. The zero-order chi connectivity index (χ0) is 13.0. The molecule has 2 heterocycles. The van der Waals surface area contributed by atoms with Crippen molar-refractivity contribution in [1.82, 2.24) is 4.98 Å². The first-order valence-electron chi connectivity index (χ1n) is 5.97. The number of hydrogen-bond acceptors (Lipinski definition) is 3. The van der Waals surface area contributed by atoms with Crippen molar-refractivity contribution in [2.45, 2.75) is 25.7 Å². The van der Waals surface area contributed by atoms with E-state index in [0.29, 0.717) is 5.69 Å². The van der Waals surface area contributed by atoms with Crippen LogP contribution in [0.1, 0.15) is 19.3 Å². The van der Waals surface area contributed by atoms with E-state index in [1.807, 2.05) is 0 Å². The summed E-state index contributed by atoms with van der Waals surface area (Å²) >= 11 is 0. The third-order valence-electron chi connectivity index (χ3n) is 2.89. The number of piperidine rings is 1. The van der Waals surface area contributed by atoms with Gasteiger partial charge in [-0.05, 0) is 31.4 Å². The van der Waals surface area contributed by atoms with Crippen LogP contribution in [0.3, 0.4) is 0 Å². The minimum absolute atomic E-state index is 0.293. The van der Waals surface area contributed by atoms with Gasteiger partial charge in [-0.1, -0.05) is 0 Å². The predicted molar refractivity (Wildman–Crippen MR) is 64.9 cm³/mol. The van der Waals surface area contributed by atoms with Gasteiger partial charge in [-0.2, -0.15) is 8.78 Å². The maximum Gasteiger partial charge on any atom is 0.315 e. The molecule has 1 N–H and O–H groups in total. The van der Waals surface area contributed by atoms with E-state index in [1.54, 1.807) is 12.1 Å². The van der Waals surface area contributed by atoms with Crippen LogP contribution in [0.4, 0.5) is 20.3 Å². The van der Waals surface area contributed by atoms with E-state index in [4.69, 9.17) is 0 Å². The summed E-state index contributed by atoms with van der Waals surface area (Å²) in [5.74, 6) is -0.479. The Balaban J connectivity index is 1.98. The van der Waals surface area contributed by atoms with Gasteiger partial charge >= 0.3 is 6.43 Å². The number of alkyl halides is 2. The van der Waals surface area contributed by atoms with E-state index < -0.39 is 12.3 Å². The lowest BCUT2D eigenvalue weighted by atomic mass is 10.1. The van der Waals surface area contributed by atoms with Gasteiger partial charge in [0.05, 0.1) is 11.9 Å². The summed E-state index contributed by atoms with van der Waals surface area (Å²) in [7, 11) is 0. The molecule has 0 bridgehead atoms. The second-order valence-corrected chi connectivity index (χ2v) is 4.24. The number of aromatic nitrogens is 1. The summed E-state index contributed by atoms with van der Waals surface area (Å²) < 4.78 is 24.1. The van der Waals surface area contributed by atoms with E-state index in [0.717, 1.165) is 31.7 Å². The Morgan fingerprint density at radius 2 is 2.00 bits per heavy atom. The standard InChI is InChI=1S/C12H15F2N3O/c13-11(14)12(18)16-9-4-5-10(15-8-9)17-6-2-1-3-7-17/h4-5,8,11H,1-3,6-7H2,(H,16,18). The molecule has 1 aromatic heterocycles. The van der Waals surface area contributed by atoms with Gasteiger partial charge < -0.3 is 10.2 Å². The minimum Gasteiger partial charge on any atom is -0.357 e. The molecule has 0 aliphatic carbocycles. The molecular formula is C12H15F2N3O. The summed E-state index contributed by atoms with van der Waals surface area (Å²) in [6, 6.07) is 3.34. The monoisotopic (exact) mass is 255 g/mol. The number of nitrogens with one attached hydrogen (secondary N) is 1. The molecule has 6 heteroatoms. The number of halogens is 2. The van der Waals surface area contributed by atoms with Crippen LogP contribution >= 0.6 is 0 Å². The van der Waals surface area contributed by atoms with Crippen LogP contribution in [0, 0.1) is 0 Å². The molecule has 0 aromatic carbocycles. The van der Waals surface area contributed by atoms with Gasteiger partial charge in [-0.15, -0.1) is 0 Å². The molecule has 4 nitrogen and oxygen atoms in total. The van der Waals surface area contributed by atoms with Gasteiger partial charge in [-0.25, -0.2) is 4.98 Å². The van der Waals surface area contributed by atoms with Gasteiger partial charge in [0.2, 0.25) is 0 Å². The summed E-state index contributed by atoms with van der Waals surface area (Å²) in [5, 5.41) is 2.10. The third-order valence-corrected chi connectivity index (χ3v) is 2.89. The van der Waals surface area contributed by atoms with Gasteiger partial charge in [-0.3, -0.25) is 4.79 Å². The largest absolute Gasteiger partial charge is 0.357 e. The first kappa shape index (κ1) is 12.7. The van der Waals surface area contributed by atoms with Crippen molar-refractivity contribution in [3.63, 3.8) is 0 Å². The summed E-state index contributed by atoms with van der Waals surface area (Å²) in [4.78, 5) is 17.1. The van der Waals surface area contributed by atoms with Crippen molar-refractivity contribution in [3.8, 4) is 0 Å². The van der Waals surface area contributed by atoms with Crippen molar-refractivity contribution < 1.29 is 13.6 Å². The summed E-state index contributed by atoms with van der Waals surface area (Å²) in [5.41, 5.74) is 0.293. The Labute approximate surface area is 104 Å². The van der Waals surface area contributed by atoms with E-state index >= 15 is 0 Å². The first-order valence-corrected chi connectivity index (χ1v) is 5.97. The average molecular weight is 255 g/mol. The lowest BCUT2D eigenvalue weighted by Crippen LogP contribution is -2.30. The molecule has 1 amide bonds. The number of anilines is 2. The molecule has 1 saturated heterocycles. The van der Waals surface area contributed by atoms with Crippen LogP contribution < -0.4 is 10.2 Å². The van der Waals surface area contributed by atoms with Crippen LogP contribution in [-0.2, 0) is 4.79 Å². The predicted octanol–water partition coefficient (Wildman–Crippen LogP) is 2.28. The molecule has 98 valence electrons. The number of nitrogens with zero attached hydrogens (tertiary/aromatic N) is 2. The fourth-order valence-electron chi connectivity index (χ4n) is 1.97. The molecule has 1 fully saturated rings. The van der Waals surface area contributed by atoms with Crippen LogP contribution in [0.5, 0.6) is 0 Å². The summed E-state index contributed by atoms with van der Waals surface area (Å²) in [6.45, 7) is 1.94. The Morgan fingerprint density at radius 1 is 1.28 bits per heavy atom. The Morgan fingerprint density at radius 3 is 2.56 bits per heavy atom. The van der Waals surface area contributed by atoms with Crippen molar-refractivity contribution in [3.05, 3.63) is 18.3 Å². The van der Waals surface area contributed by atoms with Crippen LogP contribution in [-0.4, -0.2) is 30.4 Å². The molecule has 0 atom stereocenters. The maximum atomic E-state index is 12.0. The van der Waals surface area contributed by atoms with Crippen molar-refractivity contribution >= 4 is 17.4 Å². The topological polar surface area (TPSA) is 45.2 Å². The van der Waals surface area contributed by atoms with Gasteiger partial charge in [0.1, 0.15) is 5.82 Å². The lowest BCUT2D eigenvalue weighted by Gasteiger charge is -2.27. The number of carbonyl (C=O) groups is 1. The molecule has 1 aliphatic heterocycles. The highest BCUT2D eigenvalue weighted by atomic mass is 19.3. The number of hydrogen-bond donors (Lipinski definition) is 1. The summed E-state index contributed by atoms with van der Waals surface area (Å²) in [6.07, 6.45) is 1.92. The SMILES string of the molecule is O=C(Nc1ccc(N2CCCCC2)nc1)C(F)F. The molecule has 0 unspecified atom stereocenters. The molecule has 2 rings (SSSR count). The van der Waals surface area contributed by atoms with Crippen molar-refractivity contribution in [2.75, 3.05) is 23.3 Å². The normalized spacial score (nSPS) is 15.8. The Hall–Kier alpha value is -1.72. The second kappa shape index (κ2) is 5.75. The highest BCUT2D eigenvalue weighted by Gasteiger charge is 2.16. The number of rotatable bonds is 3. The smallest absolute Gasteiger partial charge is 0.315 e. The molecular weight excluding hydrogens is 240 g/mol.